The molecule has 148 valence electrons. The van der Waals surface area contributed by atoms with Gasteiger partial charge in [0.1, 0.15) is 6.54 Å². The van der Waals surface area contributed by atoms with Gasteiger partial charge in [0, 0.05) is 28.9 Å². The quantitative estimate of drug-likeness (QED) is 0.431. The molecule has 8 nitrogen and oxygen atoms in total. The smallest absolute Gasteiger partial charge is 0.275 e. The highest BCUT2D eigenvalue weighted by Crippen LogP contribution is 2.25. The molecule has 0 aliphatic heterocycles. The van der Waals surface area contributed by atoms with E-state index in [1.165, 1.54) is 0 Å². The van der Waals surface area contributed by atoms with E-state index in [0.29, 0.717) is 22.9 Å². The summed E-state index contributed by atoms with van der Waals surface area (Å²) in [7, 11) is -3.09. The van der Waals surface area contributed by atoms with E-state index < -0.39 is 28.9 Å². The number of aromatic amines is 1. The summed E-state index contributed by atoms with van der Waals surface area (Å²) in [4.78, 5) is 27.8. The van der Waals surface area contributed by atoms with Crippen molar-refractivity contribution in [2.24, 2.45) is 0 Å². The lowest BCUT2D eigenvalue weighted by atomic mass is 10.0. The first-order valence-corrected chi connectivity index (χ1v) is 10.1. The topological polar surface area (TPSA) is 114 Å². The first-order valence-electron chi connectivity index (χ1n) is 8.92. The number of carbonyl (C=O) groups excluding carboxylic acids is 1. The highest BCUT2D eigenvalue weighted by atomic mass is 32.2. The average Bonchev–Trinajstić information content (AvgIpc) is 3.09. The lowest BCUT2D eigenvalue weighted by molar-refractivity contribution is -0.120. The molecule has 0 radical (unpaired) electrons. The van der Waals surface area contributed by atoms with Gasteiger partial charge in [-0.3, -0.25) is 14.3 Å². The van der Waals surface area contributed by atoms with E-state index in [1.807, 2.05) is 43.5 Å². The molecule has 0 saturated carbocycles. The summed E-state index contributed by atoms with van der Waals surface area (Å²) in [5.74, 6) is -0.820. The van der Waals surface area contributed by atoms with Crippen LogP contribution >= 0.6 is 0 Å². The van der Waals surface area contributed by atoms with Gasteiger partial charge in [-0.2, -0.15) is 5.10 Å². The van der Waals surface area contributed by atoms with Gasteiger partial charge in [0.25, 0.3) is 11.5 Å². The van der Waals surface area contributed by atoms with Gasteiger partial charge in [0.2, 0.25) is 10.9 Å². The summed E-state index contributed by atoms with van der Waals surface area (Å²) >= 11 is 0. The maximum Gasteiger partial charge on any atom is 0.275 e. The van der Waals surface area contributed by atoms with Crippen LogP contribution in [0.4, 0.5) is 0 Å². The van der Waals surface area contributed by atoms with Gasteiger partial charge >= 0.3 is 0 Å². The lowest BCUT2D eigenvalue weighted by Gasteiger charge is -2.10. The molecule has 4 aromatic rings. The molecule has 2 aromatic heterocycles. The molecular formula is C20H18N4O4S. The minimum Gasteiger partial charge on any atom is -0.361 e. The fourth-order valence-corrected chi connectivity index (χ4v) is 3.86. The van der Waals surface area contributed by atoms with Crippen LogP contribution in [0.3, 0.4) is 0 Å². The Balaban J connectivity index is 1.84. The number of fused-ring (bicyclic) bond motifs is 2. The van der Waals surface area contributed by atoms with E-state index in [2.05, 4.69) is 10.1 Å². The summed E-state index contributed by atoms with van der Waals surface area (Å²) in [6.07, 6.45) is 2.36. The number of thiol groups is 1. The van der Waals surface area contributed by atoms with Gasteiger partial charge in [0.05, 0.1) is 11.1 Å². The zero-order chi connectivity index (χ0) is 20.5. The van der Waals surface area contributed by atoms with E-state index in [0.717, 1.165) is 26.7 Å². The van der Waals surface area contributed by atoms with Crippen molar-refractivity contribution in [2.75, 3.05) is 0 Å². The van der Waals surface area contributed by atoms with Crippen LogP contribution in [0.1, 0.15) is 16.8 Å². The normalized spacial score (nSPS) is 11.4. The van der Waals surface area contributed by atoms with Crippen molar-refractivity contribution in [1.29, 1.82) is 0 Å². The molecule has 0 saturated heterocycles. The standard InChI is InChI=1S/C20H18N4O4S/c1-12-5-4-8-16-19(12)13(10-21-16)9-17-14-6-2-3-7-15(14)20(26)24(22-17)11-18(25)23-29(27)28/h2-8,10,21,29H,9,11H2,1H3,(H,23,25,27,28). The molecule has 2 heterocycles. The molecule has 0 aliphatic carbocycles. The van der Waals surface area contributed by atoms with Gasteiger partial charge in [-0.15, -0.1) is 0 Å². The number of H-pyrrole nitrogens is 1. The number of benzene rings is 2. The van der Waals surface area contributed by atoms with E-state index in [1.54, 1.807) is 16.9 Å². The minimum atomic E-state index is -3.09. The zero-order valence-corrected chi connectivity index (χ0v) is 16.4. The number of amides is 1. The fourth-order valence-electron chi connectivity index (χ4n) is 3.59. The molecule has 2 N–H and O–H groups in total. The fraction of sp³-hybridized carbons (Fsp3) is 0.150. The maximum atomic E-state index is 12.7. The maximum absolute atomic E-state index is 12.7. The molecule has 0 bridgehead atoms. The Morgan fingerprint density at radius 1 is 1.14 bits per heavy atom. The van der Waals surface area contributed by atoms with Gasteiger partial charge in [-0.25, -0.2) is 13.1 Å². The first kappa shape index (κ1) is 18.9. The Labute approximate surface area is 167 Å². The van der Waals surface area contributed by atoms with Crippen LogP contribution in [-0.4, -0.2) is 29.1 Å². The van der Waals surface area contributed by atoms with Crippen molar-refractivity contribution in [3.63, 3.8) is 0 Å². The van der Waals surface area contributed by atoms with Crippen LogP contribution < -0.4 is 10.3 Å². The first-order chi connectivity index (χ1) is 13.9. The van der Waals surface area contributed by atoms with Gasteiger partial charge in [-0.05, 0) is 30.2 Å². The molecule has 0 fully saturated rings. The largest absolute Gasteiger partial charge is 0.361 e. The molecule has 0 spiro atoms. The Morgan fingerprint density at radius 3 is 2.66 bits per heavy atom. The van der Waals surface area contributed by atoms with Crippen molar-refractivity contribution in [2.45, 2.75) is 19.9 Å². The highest BCUT2D eigenvalue weighted by molar-refractivity contribution is 7.71. The second-order valence-corrected chi connectivity index (χ2v) is 7.47. The Bertz CT molecular complexity index is 1380. The third kappa shape index (κ3) is 3.64. The Hall–Kier alpha value is -3.46. The monoisotopic (exact) mass is 410 g/mol. The summed E-state index contributed by atoms with van der Waals surface area (Å²) in [5.41, 5.74) is 3.33. The van der Waals surface area contributed by atoms with Crippen LogP contribution in [0.5, 0.6) is 0 Å². The molecule has 0 aliphatic rings. The van der Waals surface area contributed by atoms with Crippen molar-refractivity contribution < 1.29 is 13.2 Å². The average molecular weight is 410 g/mol. The number of nitrogens with zero attached hydrogens (tertiary/aromatic N) is 2. The molecule has 9 heteroatoms. The van der Waals surface area contributed by atoms with Crippen LogP contribution in [0.2, 0.25) is 0 Å². The summed E-state index contributed by atoms with van der Waals surface area (Å²) in [5, 5.41) is 6.61. The van der Waals surface area contributed by atoms with Gasteiger partial charge in [0.15, 0.2) is 0 Å². The predicted molar refractivity (Wildman–Crippen MR) is 110 cm³/mol. The SMILES string of the molecule is Cc1cccc2[nH]cc(Cc3nn(CC(=O)N[SH](=O)=O)c(=O)c4ccccc34)c12. The van der Waals surface area contributed by atoms with E-state index in [-0.39, 0.29) is 0 Å². The molecule has 0 atom stereocenters. The summed E-state index contributed by atoms with van der Waals surface area (Å²) in [6, 6.07) is 13.1. The molecular weight excluding hydrogens is 392 g/mol. The van der Waals surface area contributed by atoms with Gasteiger partial charge < -0.3 is 4.98 Å². The number of hydrogen-bond acceptors (Lipinski definition) is 5. The number of rotatable bonds is 5. The van der Waals surface area contributed by atoms with Crippen LogP contribution in [0.15, 0.2) is 53.5 Å². The zero-order valence-electron chi connectivity index (χ0n) is 15.5. The van der Waals surface area contributed by atoms with Crippen molar-refractivity contribution in [3.05, 3.63) is 75.8 Å². The number of carbonyl (C=O) groups is 1. The second-order valence-electron chi connectivity index (χ2n) is 6.74. The number of nitrogens with one attached hydrogen (secondary N) is 2. The Morgan fingerprint density at radius 2 is 1.90 bits per heavy atom. The molecule has 29 heavy (non-hydrogen) atoms. The van der Waals surface area contributed by atoms with Crippen molar-refractivity contribution >= 4 is 38.5 Å². The highest BCUT2D eigenvalue weighted by Gasteiger charge is 2.15. The summed E-state index contributed by atoms with van der Waals surface area (Å²) in [6.45, 7) is 1.55. The predicted octanol–water partition coefficient (Wildman–Crippen LogP) is 1.42. The Kier molecular flexibility index (Phi) is 4.89. The van der Waals surface area contributed by atoms with Crippen molar-refractivity contribution in [1.82, 2.24) is 19.5 Å². The molecule has 2 aromatic carbocycles. The van der Waals surface area contributed by atoms with E-state index >= 15 is 0 Å². The lowest BCUT2D eigenvalue weighted by Crippen LogP contribution is -2.33. The minimum absolute atomic E-state index is 0.424. The summed E-state index contributed by atoms with van der Waals surface area (Å²) < 4.78 is 24.2. The van der Waals surface area contributed by atoms with Crippen molar-refractivity contribution in [3.8, 4) is 0 Å². The van der Waals surface area contributed by atoms with Crippen LogP contribution in [0.25, 0.3) is 21.7 Å². The van der Waals surface area contributed by atoms with Crippen LogP contribution in [-0.2, 0) is 28.7 Å². The van der Waals surface area contributed by atoms with E-state index in [4.69, 9.17) is 0 Å². The third-order valence-corrected chi connectivity index (χ3v) is 5.24. The number of aromatic nitrogens is 3. The van der Waals surface area contributed by atoms with Crippen LogP contribution in [0, 0.1) is 6.92 Å². The van der Waals surface area contributed by atoms with E-state index in [9.17, 15) is 18.0 Å². The molecule has 4 rings (SSSR count). The third-order valence-electron chi connectivity index (χ3n) is 4.81. The number of hydrogen-bond donors (Lipinski definition) is 3. The second kappa shape index (κ2) is 7.51. The number of aryl methyl sites for hydroxylation is 1. The molecule has 1 amide bonds. The van der Waals surface area contributed by atoms with Gasteiger partial charge in [-0.1, -0.05) is 30.3 Å². The molecule has 0 unspecified atom stereocenters.